The van der Waals surface area contributed by atoms with Gasteiger partial charge in [-0.3, -0.25) is 4.79 Å². The number of nitrogens with zero attached hydrogens (tertiary/aromatic N) is 5. The molecule has 0 bridgehead atoms. The van der Waals surface area contributed by atoms with Crippen molar-refractivity contribution in [1.29, 1.82) is 0 Å². The molecule has 0 spiro atoms. The molecule has 1 aromatic carbocycles. The second kappa shape index (κ2) is 9.25. The summed E-state index contributed by atoms with van der Waals surface area (Å²) in [4.78, 5) is 28.4. The maximum atomic E-state index is 13.4. The number of likely N-dealkylation sites (N-methyl/N-ethyl adjacent to an activating group) is 1. The van der Waals surface area contributed by atoms with Crippen LogP contribution in [0.1, 0.15) is 5.56 Å². The van der Waals surface area contributed by atoms with Gasteiger partial charge in [0, 0.05) is 49.0 Å². The van der Waals surface area contributed by atoms with Crippen molar-refractivity contribution in [3.05, 3.63) is 64.8 Å². The molecule has 3 aromatic heterocycles. The molecule has 0 aliphatic carbocycles. The van der Waals surface area contributed by atoms with Crippen LogP contribution in [0.25, 0.3) is 22.0 Å². The lowest BCUT2D eigenvalue weighted by molar-refractivity contribution is 0.381. The summed E-state index contributed by atoms with van der Waals surface area (Å²) in [6.45, 7) is 3.31. The predicted molar refractivity (Wildman–Crippen MR) is 131 cm³/mol. The number of ether oxygens (including phenoxy) is 1. The van der Waals surface area contributed by atoms with Crippen LogP contribution in [0.3, 0.4) is 0 Å². The van der Waals surface area contributed by atoms with Gasteiger partial charge in [-0.25, -0.2) is 15.0 Å². The number of rotatable bonds is 7. The lowest BCUT2D eigenvalue weighted by Crippen LogP contribution is -2.26. The summed E-state index contributed by atoms with van der Waals surface area (Å²) >= 11 is 0. The smallest absolute Gasteiger partial charge is 0.262 e. The second-order valence-electron chi connectivity index (χ2n) is 8.13. The van der Waals surface area contributed by atoms with E-state index < -0.39 is 0 Å². The normalized spacial score (nSPS) is 11.2. The summed E-state index contributed by atoms with van der Waals surface area (Å²) in [6, 6.07) is 9.57. The van der Waals surface area contributed by atoms with Crippen molar-refractivity contribution < 1.29 is 4.74 Å². The highest BCUT2D eigenvalue weighted by molar-refractivity contribution is 5.95. The number of nitrogen functional groups attached to an aromatic ring is 1. The van der Waals surface area contributed by atoms with Crippen LogP contribution < -0.4 is 21.3 Å². The molecule has 4 rings (SSSR count). The molecule has 3 N–H and O–H groups in total. The molecule has 0 unspecified atom stereocenters. The van der Waals surface area contributed by atoms with E-state index in [9.17, 15) is 4.79 Å². The molecule has 0 saturated heterocycles. The Bertz CT molecular complexity index is 1350. The lowest BCUT2D eigenvalue weighted by Gasteiger charge is -2.15. The molecule has 0 aliphatic heterocycles. The van der Waals surface area contributed by atoms with Crippen molar-refractivity contribution in [3.63, 3.8) is 0 Å². The first-order valence-electron chi connectivity index (χ1n) is 10.5. The summed E-state index contributed by atoms with van der Waals surface area (Å²) in [5.41, 5.74) is 8.66. The van der Waals surface area contributed by atoms with E-state index >= 15 is 0 Å². The summed E-state index contributed by atoms with van der Waals surface area (Å²) in [7, 11) is 5.58. The van der Waals surface area contributed by atoms with Gasteiger partial charge in [0.2, 0.25) is 5.95 Å². The first kappa shape index (κ1) is 22.2. The Kier molecular flexibility index (Phi) is 6.23. The molecule has 0 fully saturated rings. The highest BCUT2D eigenvalue weighted by atomic mass is 16.5. The average molecular weight is 446 g/mol. The highest BCUT2D eigenvalue weighted by Gasteiger charge is 2.14. The van der Waals surface area contributed by atoms with Gasteiger partial charge in [-0.1, -0.05) is 0 Å². The molecule has 3 heterocycles. The lowest BCUT2D eigenvalue weighted by atomic mass is 10.1. The van der Waals surface area contributed by atoms with Crippen LogP contribution in [0, 0.1) is 6.92 Å². The minimum atomic E-state index is -0.107. The fourth-order valence-electron chi connectivity index (χ4n) is 3.57. The van der Waals surface area contributed by atoms with Crippen LogP contribution in [0.5, 0.6) is 5.75 Å². The summed E-state index contributed by atoms with van der Waals surface area (Å²) < 4.78 is 7.11. The van der Waals surface area contributed by atoms with E-state index in [4.69, 9.17) is 15.5 Å². The van der Waals surface area contributed by atoms with Gasteiger partial charge in [0.1, 0.15) is 11.6 Å². The molecule has 4 aromatic rings. The third-order valence-corrected chi connectivity index (χ3v) is 5.26. The number of anilines is 3. The Hall–Kier alpha value is -3.98. The molecule has 0 atom stereocenters. The fraction of sp³-hybridized carbons (Fsp3) is 0.250. The van der Waals surface area contributed by atoms with Crippen LogP contribution in [0.15, 0.2) is 53.7 Å². The number of methoxy groups -OCH3 is 1. The summed E-state index contributed by atoms with van der Waals surface area (Å²) in [5.74, 6) is 1.36. The van der Waals surface area contributed by atoms with Crippen LogP contribution in [0.2, 0.25) is 0 Å². The third kappa shape index (κ3) is 4.93. The van der Waals surface area contributed by atoms with Gasteiger partial charge in [0.15, 0.2) is 0 Å². The Morgan fingerprint density at radius 3 is 2.61 bits per heavy atom. The van der Waals surface area contributed by atoms with E-state index in [1.54, 1.807) is 24.1 Å². The van der Waals surface area contributed by atoms with Gasteiger partial charge in [0.05, 0.1) is 18.2 Å². The number of aromatic nitrogens is 4. The zero-order chi connectivity index (χ0) is 23.5. The number of hydrogen-bond acceptors (Lipinski definition) is 8. The van der Waals surface area contributed by atoms with Crippen molar-refractivity contribution in [2.75, 3.05) is 38.8 Å². The van der Waals surface area contributed by atoms with E-state index in [1.165, 1.54) is 0 Å². The molecule has 0 amide bonds. The Morgan fingerprint density at radius 1 is 1.15 bits per heavy atom. The molecule has 9 heteroatoms. The quantitative estimate of drug-likeness (QED) is 0.446. The predicted octanol–water partition coefficient (Wildman–Crippen LogP) is 3.06. The van der Waals surface area contributed by atoms with E-state index in [1.807, 2.05) is 62.4 Å². The minimum Gasteiger partial charge on any atom is -0.497 e. The second-order valence-corrected chi connectivity index (χ2v) is 8.13. The zero-order valence-corrected chi connectivity index (χ0v) is 19.2. The average Bonchev–Trinajstić information content (AvgIpc) is 2.78. The molecule has 170 valence electrons. The van der Waals surface area contributed by atoms with Gasteiger partial charge in [-0.05, 0) is 56.2 Å². The van der Waals surface area contributed by atoms with E-state index in [0.29, 0.717) is 34.8 Å². The monoisotopic (exact) mass is 445 g/mol. The number of nitrogens with one attached hydrogen (secondary N) is 1. The Balaban J connectivity index is 1.89. The number of aryl methyl sites for hydroxylation is 1. The highest BCUT2D eigenvalue weighted by Crippen LogP contribution is 2.29. The molecule has 33 heavy (non-hydrogen) atoms. The summed E-state index contributed by atoms with van der Waals surface area (Å²) in [5, 5.41) is 4.62. The molecule has 0 aliphatic rings. The maximum Gasteiger partial charge on any atom is 0.262 e. The molecule has 0 radical (unpaired) electrons. The third-order valence-electron chi connectivity index (χ3n) is 5.26. The van der Waals surface area contributed by atoms with Gasteiger partial charge in [-0.2, -0.15) is 0 Å². The van der Waals surface area contributed by atoms with Crippen LogP contribution in [0.4, 0.5) is 17.5 Å². The first-order valence-corrected chi connectivity index (χ1v) is 10.5. The first-order chi connectivity index (χ1) is 15.8. The van der Waals surface area contributed by atoms with Crippen molar-refractivity contribution in [2.45, 2.75) is 13.5 Å². The molecule has 0 saturated carbocycles. The van der Waals surface area contributed by atoms with Gasteiger partial charge >= 0.3 is 0 Å². The van der Waals surface area contributed by atoms with E-state index in [2.05, 4.69) is 15.3 Å². The number of pyridine rings is 2. The number of hydrogen-bond donors (Lipinski definition) is 2. The van der Waals surface area contributed by atoms with Crippen molar-refractivity contribution in [1.82, 2.24) is 24.4 Å². The largest absolute Gasteiger partial charge is 0.497 e. The van der Waals surface area contributed by atoms with Crippen molar-refractivity contribution >= 4 is 28.2 Å². The fourth-order valence-corrected chi connectivity index (χ4v) is 3.57. The van der Waals surface area contributed by atoms with Crippen molar-refractivity contribution in [3.8, 4) is 17.0 Å². The van der Waals surface area contributed by atoms with Gasteiger partial charge in [0.25, 0.3) is 5.56 Å². The molecule has 9 nitrogen and oxygen atoms in total. The number of benzene rings is 1. The Labute approximate surface area is 191 Å². The van der Waals surface area contributed by atoms with Crippen LogP contribution in [-0.2, 0) is 6.54 Å². The minimum absolute atomic E-state index is 0.107. The number of nitrogens with two attached hydrogens (primary N) is 1. The Morgan fingerprint density at radius 2 is 1.91 bits per heavy atom. The topological polar surface area (TPSA) is 111 Å². The van der Waals surface area contributed by atoms with Crippen molar-refractivity contribution in [2.24, 2.45) is 0 Å². The zero-order valence-electron chi connectivity index (χ0n) is 19.2. The summed E-state index contributed by atoms with van der Waals surface area (Å²) in [6.07, 6.45) is 5.06. The standard InChI is InChI=1S/C24H27N7O2/c1-15-9-18(12-19(10-15)33-4)28-22-21-16(5-6-31(23(21)32)8-7-30(2)3)11-20(29-22)17-13-26-24(25)27-14-17/h5-6,9-14H,7-8H2,1-4H3,(H,28,29)(H2,25,26,27). The number of fused-ring (bicyclic) bond motifs is 1. The van der Waals surface area contributed by atoms with Gasteiger partial charge < -0.3 is 25.3 Å². The molecular weight excluding hydrogens is 418 g/mol. The van der Waals surface area contributed by atoms with Crippen LogP contribution in [-0.4, -0.2) is 52.2 Å². The molecular formula is C24H27N7O2. The van der Waals surface area contributed by atoms with Gasteiger partial charge in [-0.15, -0.1) is 0 Å². The van der Waals surface area contributed by atoms with E-state index in [0.717, 1.165) is 23.2 Å². The SMILES string of the molecule is COc1cc(C)cc(Nc2nc(-c3cnc(N)nc3)cc3ccn(CCN(C)C)c(=O)c23)c1. The maximum absolute atomic E-state index is 13.4. The van der Waals surface area contributed by atoms with E-state index in [-0.39, 0.29) is 11.5 Å². The van der Waals surface area contributed by atoms with Crippen LogP contribution >= 0.6 is 0 Å².